The minimum Gasteiger partial charge on any atom is -0.548 e. The Labute approximate surface area is 275 Å². The van der Waals surface area contributed by atoms with E-state index in [-0.39, 0.29) is 80.1 Å². The van der Waals surface area contributed by atoms with Crippen molar-refractivity contribution in [2.45, 2.75) is 121 Å². The fourth-order valence-electron chi connectivity index (χ4n) is 2.40. The second kappa shape index (κ2) is 23.2. The zero-order valence-corrected chi connectivity index (χ0v) is 29.9. The van der Waals surface area contributed by atoms with E-state index in [0.29, 0.717) is 18.9 Å². The molecular weight excluding hydrogens is 513 g/mol. The molecule has 0 saturated carbocycles. The first-order chi connectivity index (χ1) is 16.9. The Morgan fingerprint density at radius 2 is 1.24 bits per heavy atom. The predicted molar refractivity (Wildman–Crippen MR) is 147 cm³/mol. The minimum atomic E-state index is -1.27. The predicted octanol–water partition coefficient (Wildman–Crippen LogP) is 2.07. The number of ether oxygens (including phenoxy) is 2. The molecule has 0 aromatic heterocycles. The van der Waals surface area contributed by atoms with Crippen LogP contribution in [0.2, 0.25) is 0 Å². The van der Waals surface area contributed by atoms with Gasteiger partial charge in [0.25, 0.3) is 0 Å². The zero-order chi connectivity index (χ0) is 29.9. The number of hydrogen-bond acceptors (Lipinski definition) is 7. The first-order valence-corrected chi connectivity index (χ1v) is 13.7. The zero-order valence-electron chi connectivity index (χ0n) is 26.8. The number of carbonyl (C=O) groups excluding carboxylic acids is 4. The second-order valence-electron chi connectivity index (χ2n) is 11.3. The molecule has 38 heavy (non-hydrogen) atoms. The van der Waals surface area contributed by atoms with Crippen LogP contribution in [-0.2, 0) is 28.7 Å². The van der Waals surface area contributed by atoms with Gasteiger partial charge in [0.05, 0.1) is 37.1 Å². The number of nitrogens with one attached hydrogen (secondary N) is 1. The number of methoxy groups -OCH3 is 1. The summed E-state index contributed by atoms with van der Waals surface area (Å²) in [6.45, 7) is 21.6. The van der Waals surface area contributed by atoms with Gasteiger partial charge in [0.15, 0.2) is 0 Å². The maximum absolute atomic E-state index is 11.8. The van der Waals surface area contributed by atoms with Crippen molar-refractivity contribution in [1.82, 2.24) is 5.32 Å². The van der Waals surface area contributed by atoms with Crippen molar-refractivity contribution in [3.8, 4) is 0 Å². The van der Waals surface area contributed by atoms with E-state index < -0.39 is 17.9 Å². The number of unbranched alkanes of at least 4 members (excludes halogenated alkanes) is 1. The second-order valence-corrected chi connectivity index (χ2v) is 11.3. The fraction of sp³-hybridized carbons (Fsp3) is 0.862. The summed E-state index contributed by atoms with van der Waals surface area (Å²) >= 11 is 0. The van der Waals surface area contributed by atoms with Crippen molar-refractivity contribution in [2.75, 3.05) is 20.3 Å². The molecule has 0 spiro atoms. The number of carboxylic acids is 1. The summed E-state index contributed by atoms with van der Waals surface area (Å²) < 4.78 is 9.98. The SMILES string of the molecule is CCC(C)(C)C(=O)NCC(=O)[O-].CCC(C)(C)C(=O)OC.CCCCC(CC)COC(=O)C(C)(C)CC.[K+]. The molecule has 0 rings (SSSR count). The molecule has 0 heterocycles. The molecule has 1 N–H and O–H groups in total. The van der Waals surface area contributed by atoms with Gasteiger partial charge < -0.3 is 24.7 Å². The van der Waals surface area contributed by atoms with Crippen LogP contribution in [0.1, 0.15) is 121 Å². The standard InChI is InChI=1S/C14H28O2.C8H15NO3.C7H14O2.K/c1-6-9-10-12(7-2)11-16-13(15)14(4,5)8-3;1-4-8(2,3)7(12)9-5-6(10)11;1-5-7(2,3)6(8)9-4;/h12H,6-11H2,1-5H3;4-5H2,1-3H3,(H,9,12)(H,10,11);5H2,1-4H3;/q;;;+1/p-1. The van der Waals surface area contributed by atoms with E-state index in [2.05, 4.69) is 23.9 Å². The molecule has 1 unspecified atom stereocenters. The largest absolute Gasteiger partial charge is 1.00 e. The van der Waals surface area contributed by atoms with Gasteiger partial charge in [-0.05, 0) is 59.3 Å². The van der Waals surface area contributed by atoms with Crippen molar-refractivity contribution in [1.29, 1.82) is 0 Å². The molecule has 0 radical (unpaired) electrons. The minimum absolute atomic E-state index is 0. The third kappa shape index (κ3) is 21.4. The smallest absolute Gasteiger partial charge is 0.548 e. The van der Waals surface area contributed by atoms with Crippen molar-refractivity contribution in [2.24, 2.45) is 22.2 Å². The Bertz CT molecular complexity index is 676. The third-order valence-corrected chi connectivity index (χ3v) is 6.94. The molecule has 220 valence electrons. The monoisotopic (exact) mass is 569 g/mol. The molecule has 0 saturated heterocycles. The first-order valence-electron chi connectivity index (χ1n) is 13.7. The summed E-state index contributed by atoms with van der Waals surface area (Å²) in [7, 11) is 1.42. The Morgan fingerprint density at radius 1 is 0.789 bits per heavy atom. The van der Waals surface area contributed by atoms with E-state index in [4.69, 9.17) is 4.74 Å². The van der Waals surface area contributed by atoms with Crippen molar-refractivity contribution < 1.29 is 85.1 Å². The average molecular weight is 570 g/mol. The van der Waals surface area contributed by atoms with Crippen molar-refractivity contribution in [3.05, 3.63) is 0 Å². The van der Waals surface area contributed by atoms with Crippen LogP contribution >= 0.6 is 0 Å². The number of aliphatic carboxylic acids is 1. The van der Waals surface area contributed by atoms with E-state index in [1.54, 1.807) is 13.8 Å². The summed E-state index contributed by atoms with van der Waals surface area (Å²) in [5.41, 5.74) is -1.15. The molecule has 1 amide bonds. The molecule has 0 aliphatic rings. The van der Waals surface area contributed by atoms with Gasteiger partial charge in [-0.25, -0.2) is 0 Å². The van der Waals surface area contributed by atoms with Gasteiger partial charge in [0.1, 0.15) is 0 Å². The van der Waals surface area contributed by atoms with Crippen LogP contribution in [0, 0.1) is 22.2 Å². The van der Waals surface area contributed by atoms with Gasteiger partial charge in [-0.1, -0.05) is 67.7 Å². The molecule has 0 aliphatic carbocycles. The van der Waals surface area contributed by atoms with Crippen molar-refractivity contribution >= 4 is 23.8 Å². The van der Waals surface area contributed by atoms with E-state index in [1.165, 1.54) is 26.4 Å². The summed E-state index contributed by atoms with van der Waals surface area (Å²) in [5, 5.41) is 12.3. The van der Waals surface area contributed by atoms with Crippen LogP contribution in [0.5, 0.6) is 0 Å². The molecule has 0 aromatic carbocycles. The maximum atomic E-state index is 11.8. The molecule has 8 nitrogen and oxygen atoms in total. The molecule has 0 aliphatic heterocycles. The van der Waals surface area contributed by atoms with Crippen molar-refractivity contribution in [3.63, 3.8) is 0 Å². The Balaban J connectivity index is -0.000000235. The summed E-state index contributed by atoms with van der Waals surface area (Å²) in [6, 6.07) is 0. The van der Waals surface area contributed by atoms with Gasteiger partial charge in [-0.15, -0.1) is 0 Å². The Morgan fingerprint density at radius 3 is 1.55 bits per heavy atom. The van der Waals surface area contributed by atoms with Gasteiger partial charge in [-0.3, -0.25) is 14.4 Å². The number of hydrogen-bond donors (Lipinski definition) is 1. The normalized spacial score (nSPS) is 11.8. The number of rotatable bonds is 14. The molecule has 0 fully saturated rings. The molecular formula is C29H56KNO7. The summed E-state index contributed by atoms with van der Waals surface area (Å²) in [6.07, 6.45) is 7.04. The number of carbonyl (C=O) groups is 4. The maximum Gasteiger partial charge on any atom is 1.00 e. The average Bonchev–Trinajstić information content (AvgIpc) is 2.87. The Hall–Kier alpha value is -0.484. The van der Waals surface area contributed by atoms with Crippen LogP contribution in [0.4, 0.5) is 0 Å². The van der Waals surface area contributed by atoms with Gasteiger partial charge in [0, 0.05) is 5.41 Å². The van der Waals surface area contributed by atoms with Gasteiger partial charge in [-0.2, -0.15) is 0 Å². The van der Waals surface area contributed by atoms with E-state index in [0.717, 1.165) is 19.3 Å². The first kappa shape index (κ1) is 44.5. The topological polar surface area (TPSA) is 122 Å². The van der Waals surface area contributed by atoms with E-state index in [9.17, 15) is 24.3 Å². The molecule has 0 aromatic rings. The summed E-state index contributed by atoms with van der Waals surface area (Å²) in [4.78, 5) is 43.8. The van der Waals surface area contributed by atoms with Gasteiger partial charge >= 0.3 is 63.3 Å². The third-order valence-electron chi connectivity index (χ3n) is 6.94. The quantitative estimate of drug-likeness (QED) is 0.251. The van der Waals surface area contributed by atoms with Gasteiger partial charge in [0.2, 0.25) is 5.91 Å². The van der Waals surface area contributed by atoms with E-state index in [1.807, 2.05) is 48.5 Å². The number of esters is 2. The number of amides is 1. The molecule has 9 heteroatoms. The van der Waals surface area contributed by atoms with Crippen LogP contribution in [0.25, 0.3) is 0 Å². The van der Waals surface area contributed by atoms with Crippen LogP contribution < -0.4 is 61.8 Å². The number of carboxylic acid groups (broad SMARTS) is 1. The van der Waals surface area contributed by atoms with Crippen LogP contribution in [0.3, 0.4) is 0 Å². The Kier molecular flexibility index (Phi) is 27.2. The van der Waals surface area contributed by atoms with E-state index >= 15 is 0 Å². The summed E-state index contributed by atoms with van der Waals surface area (Å²) in [5.74, 6) is -1.17. The fourth-order valence-corrected chi connectivity index (χ4v) is 2.40. The van der Waals surface area contributed by atoms with Crippen LogP contribution in [0.15, 0.2) is 0 Å². The van der Waals surface area contributed by atoms with Crippen LogP contribution in [-0.4, -0.2) is 44.1 Å². The molecule has 0 bridgehead atoms. The molecule has 1 atom stereocenters.